The summed E-state index contributed by atoms with van der Waals surface area (Å²) in [6, 6.07) is 23.6. The molecule has 1 aliphatic heterocycles. The molecule has 9 heteroatoms. The van der Waals surface area contributed by atoms with E-state index >= 15 is 0 Å². The summed E-state index contributed by atoms with van der Waals surface area (Å²) in [5.74, 6) is -1.22. The van der Waals surface area contributed by atoms with E-state index in [0.717, 1.165) is 21.6 Å². The maximum absolute atomic E-state index is 13.8. The lowest BCUT2D eigenvalue weighted by Gasteiger charge is -2.46. The highest BCUT2D eigenvalue weighted by atomic mass is 16.2. The van der Waals surface area contributed by atoms with Gasteiger partial charge in [-0.15, -0.1) is 0 Å². The van der Waals surface area contributed by atoms with Crippen LogP contribution in [-0.2, 0) is 16.0 Å². The van der Waals surface area contributed by atoms with Crippen LogP contribution in [0.3, 0.4) is 0 Å². The number of amides is 4. The van der Waals surface area contributed by atoms with Crippen molar-refractivity contribution in [3.05, 3.63) is 120 Å². The molecule has 39 heavy (non-hydrogen) atoms. The predicted octanol–water partition coefficient (Wildman–Crippen LogP) is 3.59. The molecule has 0 aliphatic carbocycles. The van der Waals surface area contributed by atoms with Crippen molar-refractivity contribution in [1.29, 1.82) is 0 Å². The van der Waals surface area contributed by atoms with Gasteiger partial charge in [0.15, 0.2) is 0 Å². The van der Waals surface area contributed by atoms with Crippen LogP contribution in [0, 0.1) is 5.92 Å². The van der Waals surface area contributed by atoms with Gasteiger partial charge in [0.05, 0.1) is 12.0 Å². The zero-order chi connectivity index (χ0) is 27.4. The number of urea groups is 1. The Bertz CT molecular complexity index is 1430. The molecule has 0 radical (unpaired) electrons. The summed E-state index contributed by atoms with van der Waals surface area (Å²) in [5, 5.41) is 2.99. The number of imide groups is 1. The Morgan fingerprint density at radius 1 is 0.949 bits per heavy atom. The van der Waals surface area contributed by atoms with E-state index in [9.17, 15) is 14.4 Å². The van der Waals surface area contributed by atoms with Gasteiger partial charge < -0.3 is 16.0 Å². The number of nitrogens with one attached hydrogen (secondary N) is 1. The van der Waals surface area contributed by atoms with Crippen molar-refractivity contribution in [3.8, 4) is 0 Å². The van der Waals surface area contributed by atoms with Crippen LogP contribution in [-0.4, -0.2) is 45.8 Å². The molecule has 4 amide bonds. The zero-order valence-electron chi connectivity index (χ0n) is 21.3. The number of nitrogens with two attached hydrogens (primary N) is 1. The number of pyridine rings is 2. The second-order valence-electron chi connectivity index (χ2n) is 9.36. The number of likely N-dealkylation sites (tertiary alicyclic amines) is 1. The van der Waals surface area contributed by atoms with Gasteiger partial charge in [0.25, 0.3) is 5.91 Å². The SMILES string of the molecule is CN(C(=O)[C@@H]1[C@@H](Cc2ccnc(N)c2)C(=O)N1C(=O)NC(c1ccccc1)c1ccccc1)c1ccncc1. The lowest BCUT2D eigenvalue weighted by Crippen LogP contribution is -2.70. The summed E-state index contributed by atoms with van der Waals surface area (Å²) in [7, 11) is 1.62. The highest BCUT2D eigenvalue weighted by Crippen LogP contribution is 2.34. The topological polar surface area (TPSA) is 122 Å². The Morgan fingerprint density at radius 3 is 2.15 bits per heavy atom. The average Bonchev–Trinajstić information content (AvgIpc) is 2.98. The van der Waals surface area contributed by atoms with Gasteiger partial charge in [-0.1, -0.05) is 60.7 Å². The highest BCUT2D eigenvalue weighted by molar-refractivity contribution is 6.12. The summed E-state index contributed by atoms with van der Waals surface area (Å²) in [4.78, 5) is 51.4. The number of nitrogen functional groups attached to an aromatic ring is 1. The Labute approximate surface area is 226 Å². The molecule has 0 saturated carbocycles. The number of hydrogen-bond acceptors (Lipinski definition) is 6. The second kappa shape index (κ2) is 11.1. The van der Waals surface area contributed by atoms with Crippen molar-refractivity contribution < 1.29 is 14.4 Å². The summed E-state index contributed by atoms with van der Waals surface area (Å²) >= 11 is 0. The van der Waals surface area contributed by atoms with Crippen molar-refractivity contribution in [2.45, 2.75) is 18.5 Å². The van der Waals surface area contributed by atoms with E-state index in [1.165, 1.54) is 4.90 Å². The molecule has 2 aromatic heterocycles. The van der Waals surface area contributed by atoms with Crippen LogP contribution in [0.4, 0.5) is 16.3 Å². The van der Waals surface area contributed by atoms with Crippen LogP contribution in [0.1, 0.15) is 22.7 Å². The molecule has 4 aromatic rings. The number of anilines is 2. The molecule has 0 bridgehead atoms. The third kappa shape index (κ3) is 5.33. The first kappa shape index (κ1) is 25.6. The second-order valence-corrected chi connectivity index (χ2v) is 9.36. The first-order valence-electron chi connectivity index (χ1n) is 12.6. The van der Waals surface area contributed by atoms with Crippen molar-refractivity contribution >= 4 is 29.4 Å². The smallest absolute Gasteiger partial charge is 0.325 e. The largest absolute Gasteiger partial charge is 0.384 e. The van der Waals surface area contributed by atoms with Gasteiger partial charge in [0, 0.05) is 31.3 Å². The zero-order valence-corrected chi connectivity index (χ0v) is 21.3. The van der Waals surface area contributed by atoms with Gasteiger partial charge in [-0.3, -0.25) is 19.5 Å². The van der Waals surface area contributed by atoms with Crippen LogP contribution >= 0.6 is 0 Å². The van der Waals surface area contributed by atoms with Crippen molar-refractivity contribution in [3.63, 3.8) is 0 Å². The van der Waals surface area contributed by atoms with Crippen LogP contribution in [0.5, 0.6) is 0 Å². The van der Waals surface area contributed by atoms with Crippen LogP contribution in [0.2, 0.25) is 0 Å². The van der Waals surface area contributed by atoms with E-state index in [-0.39, 0.29) is 12.3 Å². The fourth-order valence-corrected chi connectivity index (χ4v) is 4.87. The molecule has 3 heterocycles. The number of likely N-dealkylation sites (N-methyl/N-ethyl adjacent to an activating group) is 1. The Kier molecular flexibility index (Phi) is 7.31. The fourth-order valence-electron chi connectivity index (χ4n) is 4.87. The Balaban J connectivity index is 1.45. The highest BCUT2D eigenvalue weighted by Gasteiger charge is 2.55. The molecule has 1 saturated heterocycles. The molecule has 196 valence electrons. The van der Waals surface area contributed by atoms with E-state index in [4.69, 9.17) is 5.73 Å². The minimum absolute atomic E-state index is 0.247. The first-order valence-corrected chi connectivity index (χ1v) is 12.6. The minimum Gasteiger partial charge on any atom is -0.384 e. The Morgan fingerprint density at radius 2 is 1.56 bits per heavy atom. The molecule has 2 aromatic carbocycles. The summed E-state index contributed by atoms with van der Waals surface area (Å²) in [5.41, 5.74) is 8.91. The lowest BCUT2D eigenvalue weighted by molar-refractivity contribution is -0.156. The van der Waals surface area contributed by atoms with Gasteiger partial charge in [-0.05, 0) is 47.4 Å². The number of carbonyl (C=O) groups is 3. The number of aromatic nitrogens is 2. The van der Waals surface area contributed by atoms with Crippen LogP contribution < -0.4 is 16.0 Å². The van der Waals surface area contributed by atoms with Gasteiger partial charge >= 0.3 is 6.03 Å². The number of nitrogens with zero attached hydrogens (tertiary/aromatic N) is 4. The molecule has 0 unspecified atom stereocenters. The molecule has 1 aliphatic rings. The van der Waals surface area contributed by atoms with Gasteiger partial charge in [0.1, 0.15) is 11.9 Å². The summed E-state index contributed by atoms with van der Waals surface area (Å²) < 4.78 is 0. The first-order chi connectivity index (χ1) is 18.9. The molecule has 3 N–H and O–H groups in total. The minimum atomic E-state index is -1.00. The normalized spacial score (nSPS) is 16.5. The molecule has 0 spiro atoms. The van der Waals surface area contributed by atoms with E-state index in [1.54, 1.807) is 49.9 Å². The van der Waals surface area contributed by atoms with Gasteiger partial charge in [0.2, 0.25) is 5.91 Å². The number of β-lactam (4-membered cyclic amide) rings is 1. The van der Waals surface area contributed by atoms with E-state index in [1.807, 2.05) is 60.7 Å². The van der Waals surface area contributed by atoms with E-state index < -0.39 is 29.9 Å². The monoisotopic (exact) mass is 520 g/mol. The maximum atomic E-state index is 13.8. The van der Waals surface area contributed by atoms with Gasteiger partial charge in [-0.2, -0.15) is 0 Å². The molecule has 1 fully saturated rings. The van der Waals surface area contributed by atoms with E-state index in [2.05, 4.69) is 15.3 Å². The van der Waals surface area contributed by atoms with Crippen molar-refractivity contribution in [1.82, 2.24) is 20.2 Å². The third-order valence-corrected chi connectivity index (χ3v) is 6.90. The Hall–Kier alpha value is -5.05. The third-order valence-electron chi connectivity index (χ3n) is 6.90. The summed E-state index contributed by atoms with van der Waals surface area (Å²) in [6.45, 7) is 0. The van der Waals surface area contributed by atoms with Crippen LogP contribution in [0.25, 0.3) is 0 Å². The lowest BCUT2D eigenvalue weighted by atomic mass is 9.81. The van der Waals surface area contributed by atoms with E-state index in [0.29, 0.717) is 11.5 Å². The summed E-state index contributed by atoms with van der Waals surface area (Å²) in [6.07, 6.45) is 4.97. The standard InChI is InChI=1S/C30H28N6O3/c1-35(23-13-15-32-16-14-23)29(38)27-24(18-20-12-17-33-25(31)19-20)28(37)36(27)30(39)34-26(21-8-4-2-5-9-21)22-10-6-3-7-11-22/h2-17,19,24,26-27H,18H2,1H3,(H2,31,33)(H,34,39)/t24-,27+/m1/s1. The van der Waals surface area contributed by atoms with Gasteiger partial charge in [-0.25, -0.2) is 9.78 Å². The van der Waals surface area contributed by atoms with Crippen molar-refractivity contribution in [2.24, 2.45) is 5.92 Å². The van der Waals surface area contributed by atoms with Crippen molar-refractivity contribution in [2.75, 3.05) is 17.7 Å². The molecular formula is C30H28N6O3. The quantitative estimate of drug-likeness (QED) is 0.359. The molecule has 9 nitrogen and oxygen atoms in total. The number of benzene rings is 2. The molecule has 5 rings (SSSR count). The molecular weight excluding hydrogens is 492 g/mol. The van der Waals surface area contributed by atoms with Crippen LogP contribution in [0.15, 0.2) is 104 Å². The number of hydrogen-bond donors (Lipinski definition) is 2. The predicted molar refractivity (Wildman–Crippen MR) is 147 cm³/mol. The number of rotatable bonds is 7. The maximum Gasteiger partial charge on any atom is 0.325 e. The fraction of sp³-hybridized carbons (Fsp3) is 0.167. The average molecular weight is 521 g/mol. The molecule has 2 atom stereocenters. The number of carbonyl (C=O) groups excluding carboxylic acids is 3.